The van der Waals surface area contributed by atoms with Crippen LogP contribution in [0.25, 0.3) is 0 Å². The van der Waals surface area contributed by atoms with Gasteiger partial charge in [-0.2, -0.15) is 0 Å². The lowest BCUT2D eigenvalue weighted by Gasteiger charge is -2.18. The van der Waals surface area contributed by atoms with Gasteiger partial charge in [0, 0.05) is 19.3 Å². The number of unbranched alkanes of at least 4 members (excludes halogenated alkanes) is 23. The van der Waals surface area contributed by atoms with Crippen LogP contribution in [-0.4, -0.2) is 37.2 Å². The Kier molecular flexibility index (Phi) is 52.5. The van der Waals surface area contributed by atoms with Crippen molar-refractivity contribution in [3.05, 3.63) is 134 Å². The predicted octanol–water partition coefficient (Wildman–Crippen LogP) is 18.6. The standard InChI is InChI=1S/C63H100O6/c1-4-7-10-13-16-19-22-25-28-30-32-35-38-41-44-47-50-53-56-62(65)68-59-60(58-67-61(64)55-52-49-46-43-40-37-34-27-24-21-18-15-12-9-6-3)69-63(66)57-54-51-48-45-42-39-36-33-31-29-26-23-20-17-14-11-8-5-2/h9,12,15-16,18-19,21-22,24-25,27-37,40,60H,4-8,10-11,13-14,17,20,23,26,38-39,41-59H2,1-3H3/b12-9-,18-15-,19-16-,24-21-,25-22-,30-28-,31-29-,34-27-,35-32-,36-33-,40-37-. The summed E-state index contributed by atoms with van der Waals surface area (Å²) >= 11 is 0. The van der Waals surface area contributed by atoms with Crippen molar-refractivity contribution in [2.24, 2.45) is 0 Å². The monoisotopic (exact) mass is 953 g/mol. The lowest BCUT2D eigenvalue weighted by Crippen LogP contribution is -2.30. The second-order valence-corrected chi connectivity index (χ2v) is 18.0. The van der Waals surface area contributed by atoms with Gasteiger partial charge in [0.25, 0.3) is 0 Å². The average Bonchev–Trinajstić information content (AvgIpc) is 3.35. The van der Waals surface area contributed by atoms with Crippen LogP contribution in [-0.2, 0) is 28.6 Å². The minimum atomic E-state index is -0.820. The molecule has 0 heterocycles. The van der Waals surface area contributed by atoms with Gasteiger partial charge < -0.3 is 14.2 Å². The van der Waals surface area contributed by atoms with Gasteiger partial charge in [-0.15, -0.1) is 0 Å². The van der Waals surface area contributed by atoms with E-state index in [9.17, 15) is 14.4 Å². The Labute approximate surface area is 424 Å². The van der Waals surface area contributed by atoms with E-state index < -0.39 is 6.10 Å². The van der Waals surface area contributed by atoms with Gasteiger partial charge in [-0.1, -0.05) is 251 Å². The quantitative estimate of drug-likeness (QED) is 0.0262. The summed E-state index contributed by atoms with van der Waals surface area (Å²) in [6.45, 7) is 6.37. The topological polar surface area (TPSA) is 78.9 Å². The minimum absolute atomic E-state index is 0.115. The molecule has 0 N–H and O–H groups in total. The van der Waals surface area contributed by atoms with E-state index in [1.807, 2.05) is 48.6 Å². The van der Waals surface area contributed by atoms with E-state index >= 15 is 0 Å². The van der Waals surface area contributed by atoms with Crippen LogP contribution in [0, 0.1) is 0 Å². The SMILES string of the molecule is CC\C=C/C=C\C=C/C=C\C=C/CCCCCC(=O)OCC(COC(=O)CCCCCCC\C=C/C=C\C=C/C=C\CCCCC)OC(=O)CCCCCCC/C=C\C=C/CCCCCCCCC. The van der Waals surface area contributed by atoms with Gasteiger partial charge in [0.1, 0.15) is 13.2 Å². The number of esters is 3. The molecule has 0 amide bonds. The second kappa shape index (κ2) is 56.1. The van der Waals surface area contributed by atoms with E-state index in [-0.39, 0.29) is 37.5 Å². The average molecular weight is 953 g/mol. The van der Waals surface area contributed by atoms with Crippen LogP contribution >= 0.6 is 0 Å². The van der Waals surface area contributed by atoms with E-state index in [0.717, 1.165) is 116 Å². The summed E-state index contributed by atoms with van der Waals surface area (Å²) < 4.78 is 16.8. The molecule has 0 aliphatic heterocycles. The highest BCUT2D eigenvalue weighted by atomic mass is 16.6. The number of ether oxygens (including phenoxy) is 3. The minimum Gasteiger partial charge on any atom is -0.462 e. The van der Waals surface area contributed by atoms with Crippen LogP contribution in [0.5, 0.6) is 0 Å². The molecule has 0 aromatic rings. The summed E-state index contributed by atoms with van der Waals surface area (Å²) in [5.74, 6) is -1.000. The van der Waals surface area contributed by atoms with Gasteiger partial charge in [0.05, 0.1) is 0 Å². The first-order valence-electron chi connectivity index (χ1n) is 27.8. The molecule has 388 valence electrons. The molecule has 0 radical (unpaired) electrons. The van der Waals surface area contributed by atoms with E-state index in [0.29, 0.717) is 12.8 Å². The van der Waals surface area contributed by atoms with Gasteiger partial charge in [-0.3, -0.25) is 14.4 Å². The van der Waals surface area contributed by atoms with Crippen molar-refractivity contribution in [2.75, 3.05) is 13.2 Å². The third kappa shape index (κ3) is 54.4. The second-order valence-electron chi connectivity index (χ2n) is 18.0. The Hall–Kier alpha value is -4.45. The first-order valence-corrected chi connectivity index (χ1v) is 27.8. The molecule has 0 aliphatic rings. The Morgan fingerprint density at radius 3 is 0.942 bits per heavy atom. The number of hydrogen-bond donors (Lipinski definition) is 0. The molecule has 0 aromatic carbocycles. The zero-order valence-electron chi connectivity index (χ0n) is 44.3. The molecule has 0 aromatic heterocycles. The third-order valence-corrected chi connectivity index (χ3v) is 11.4. The third-order valence-electron chi connectivity index (χ3n) is 11.4. The fraction of sp³-hybridized carbons (Fsp3) is 0.603. The highest BCUT2D eigenvalue weighted by Crippen LogP contribution is 2.13. The normalized spacial score (nSPS) is 13.1. The molecular formula is C63H100O6. The molecular weight excluding hydrogens is 853 g/mol. The van der Waals surface area contributed by atoms with Crippen molar-refractivity contribution in [2.45, 2.75) is 232 Å². The summed E-state index contributed by atoms with van der Waals surface area (Å²) in [5.41, 5.74) is 0. The molecule has 0 spiro atoms. The van der Waals surface area contributed by atoms with Gasteiger partial charge in [0.15, 0.2) is 6.10 Å². The fourth-order valence-corrected chi connectivity index (χ4v) is 7.17. The molecule has 69 heavy (non-hydrogen) atoms. The smallest absolute Gasteiger partial charge is 0.306 e. The van der Waals surface area contributed by atoms with Crippen LogP contribution in [0.15, 0.2) is 134 Å². The molecule has 0 saturated carbocycles. The van der Waals surface area contributed by atoms with Gasteiger partial charge >= 0.3 is 17.9 Å². The van der Waals surface area contributed by atoms with Crippen LogP contribution in [0.2, 0.25) is 0 Å². The predicted molar refractivity (Wildman–Crippen MR) is 297 cm³/mol. The Morgan fingerprint density at radius 2 is 0.565 bits per heavy atom. The number of hydrogen-bond acceptors (Lipinski definition) is 6. The first kappa shape index (κ1) is 64.5. The van der Waals surface area contributed by atoms with Crippen LogP contribution < -0.4 is 0 Å². The zero-order valence-corrected chi connectivity index (χ0v) is 44.3. The molecule has 6 heteroatoms. The number of carbonyl (C=O) groups excluding carboxylic acids is 3. The summed E-state index contributed by atoms with van der Waals surface area (Å²) in [7, 11) is 0. The van der Waals surface area contributed by atoms with Crippen molar-refractivity contribution < 1.29 is 28.6 Å². The molecule has 0 aliphatic carbocycles. The largest absolute Gasteiger partial charge is 0.462 e. The van der Waals surface area contributed by atoms with Crippen LogP contribution in [0.3, 0.4) is 0 Å². The summed E-state index contributed by atoms with van der Waals surface area (Å²) in [6.07, 6.45) is 78.6. The molecule has 0 saturated heterocycles. The van der Waals surface area contributed by atoms with Gasteiger partial charge in [0.2, 0.25) is 0 Å². The lowest BCUT2D eigenvalue weighted by atomic mass is 10.1. The van der Waals surface area contributed by atoms with E-state index in [2.05, 4.69) is 106 Å². The summed E-state index contributed by atoms with van der Waals surface area (Å²) in [4.78, 5) is 38.1. The summed E-state index contributed by atoms with van der Waals surface area (Å²) in [5, 5.41) is 0. The fourth-order valence-electron chi connectivity index (χ4n) is 7.17. The first-order chi connectivity index (χ1) is 34.0. The van der Waals surface area contributed by atoms with Crippen LogP contribution in [0.1, 0.15) is 226 Å². The Balaban J connectivity index is 4.56. The number of rotatable bonds is 48. The molecule has 1 atom stereocenters. The van der Waals surface area contributed by atoms with Crippen molar-refractivity contribution in [1.29, 1.82) is 0 Å². The van der Waals surface area contributed by atoms with Gasteiger partial charge in [-0.25, -0.2) is 0 Å². The Bertz CT molecular complexity index is 1510. The van der Waals surface area contributed by atoms with Gasteiger partial charge in [-0.05, 0) is 89.9 Å². The van der Waals surface area contributed by atoms with Crippen molar-refractivity contribution in [1.82, 2.24) is 0 Å². The summed E-state index contributed by atoms with van der Waals surface area (Å²) in [6, 6.07) is 0. The van der Waals surface area contributed by atoms with E-state index in [1.165, 1.54) is 70.6 Å². The maximum absolute atomic E-state index is 12.8. The van der Waals surface area contributed by atoms with E-state index in [4.69, 9.17) is 14.2 Å². The molecule has 6 nitrogen and oxygen atoms in total. The maximum Gasteiger partial charge on any atom is 0.306 e. The highest BCUT2D eigenvalue weighted by Gasteiger charge is 2.19. The van der Waals surface area contributed by atoms with Crippen molar-refractivity contribution >= 4 is 17.9 Å². The maximum atomic E-state index is 12.8. The molecule has 1 unspecified atom stereocenters. The number of allylic oxidation sites excluding steroid dienone is 22. The number of carbonyl (C=O) groups is 3. The van der Waals surface area contributed by atoms with E-state index in [1.54, 1.807) is 0 Å². The van der Waals surface area contributed by atoms with Crippen molar-refractivity contribution in [3.63, 3.8) is 0 Å². The van der Waals surface area contributed by atoms with Crippen molar-refractivity contribution in [3.8, 4) is 0 Å². The Morgan fingerprint density at radius 1 is 0.304 bits per heavy atom. The molecule has 0 bridgehead atoms. The lowest BCUT2D eigenvalue weighted by molar-refractivity contribution is -0.167. The molecule has 0 rings (SSSR count). The van der Waals surface area contributed by atoms with Crippen LogP contribution in [0.4, 0.5) is 0 Å². The highest BCUT2D eigenvalue weighted by molar-refractivity contribution is 5.71. The zero-order chi connectivity index (χ0) is 50.0. The molecule has 0 fully saturated rings.